The Hall–Kier alpha value is -1.59. The Morgan fingerprint density at radius 2 is 2.12 bits per heavy atom. The van der Waals surface area contributed by atoms with Gasteiger partial charge < -0.3 is 9.42 Å². The number of rotatable bonds is 4. The molecule has 2 fully saturated rings. The maximum atomic E-state index is 12.8. The summed E-state index contributed by atoms with van der Waals surface area (Å²) in [6, 6.07) is 4.98. The second kappa shape index (κ2) is 6.96. The van der Waals surface area contributed by atoms with Gasteiger partial charge in [-0.1, -0.05) is 28.4 Å². The van der Waals surface area contributed by atoms with Gasteiger partial charge in [-0.3, -0.25) is 4.79 Å². The Balaban J connectivity index is 1.42. The number of nitrogens with zero attached hydrogens (tertiary/aromatic N) is 3. The third-order valence-electron chi connectivity index (χ3n) is 4.85. The molecule has 25 heavy (non-hydrogen) atoms. The van der Waals surface area contributed by atoms with Gasteiger partial charge >= 0.3 is 0 Å². The molecule has 4 rings (SSSR count). The Labute approximate surface area is 156 Å². The lowest BCUT2D eigenvalue weighted by Gasteiger charge is -2.32. The van der Waals surface area contributed by atoms with Gasteiger partial charge in [-0.15, -0.1) is 0 Å². The number of carbonyl (C=O) groups is 1. The highest BCUT2D eigenvalue weighted by Gasteiger charge is 2.30. The number of halogens is 2. The van der Waals surface area contributed by atoms with Gasteiger partial charge in [0, 0.05) is 30.5 Å². The lowest BCUT2D eigenvalue weighted by molar-refractivity contribution is 0.0668. The van der Waals surface area contributed by atoms with E-state index in [2.05, 4.69) is 10.1 Å². The van der Waals surface area contributed by atoms with E-state index in [0.717, 1.165) is 38.1 Å². The van der Waals surface area contributed by atoms with Crippen molar-refractivity contribution in [2.24, 2.45) is 5.92 Å². The second-order valence-electron chi connectivity index (χ2n) is 6.91. The first-order valence-corrected chi connectivity index (χ1v) is 9.42. The molecule has 132 valence electrons. The summed E-state index contributed by atoms with van der Waals surface area (Å²) >= 11 is 12.2. The van der Waals surface area contributed by atoms with Gasteiger partial charge in [0.2, 0.25) is 5.89 Å². The van der Waals surface area contributed by atoms with Crippen LogP contribution >= 0.6 is 23.2 Å². The number of aromatic nitrogens is 2. The first kappa shape index (κ1) is 16.9. The lowest BCUT2D eigenvalue weighted by Crippen LogP contribution is -2.40. The van der Waals surface area contributed by atoms with Gasteiger partial charge in [-0.05, 0) is 49.8 Å². The van der Waals surface area contributed by atoms with E-state index in [1.807, 2.05) is 4.90 Å². The Bertz CT molecular complexity index is 788. The molecule has 0 N–H and O–H groups in total. The molecule has 1 aliphatic heterocycles. The van der Waals surface area contributed by atoms with Gasteiger partial charge in [-0.25, -0.2) is 0 Å². The van der Waals surface area contributed by atoms with E-state index in [1.165, 1.54) is 0 Å². The lowest BCUT2D eigenvalue weighted by atomic mass is 9.94. The third-order valence-corrected chi connectivity index (χ3v) is 5.42. The highest BCUT2D eigenvalue weighted by molar-refractivity contribution is 6.35. The van der Waals surface area contributed by atoms with E-state index in [1.54, 1.807) is 18.2 Å². The Kier molecular flexibility index (Phi) is 4.69. The Morgan fingerprint density at radius 1 is 1.28 bits per heavy atom. The van der Waals surface area contributed by atoms with Crippen molar-refractivity contribution in [3.8, 4) is 0 Å². The molecule has 1 saturated carbocycles. The van der Waals surface area contributed by atoms with E-state index in [0.29, 0.717) is 46.3 Å². The average Bonchev–Trinajstić information content (AvgIpc) is 3.37. The fraction of sp³-hybridized carbons (Fsp3) is 0.500. The first-order chi connectivity index (χ1) is 12.1. The molecular formula is C18H19Cl2N3O2. The number of carbonyl (C=O) groups excluding carboxylic acids is 1. The number of hydrogen-bond acceptors (Lipinski definition) is 4. The molecule has 1 amide bonds. The fourth-order valence-corrected chi connectivity index (χ4v) is 3.72. The van der Waals surface area contributed by atoms with E-state index in [4.69, 9.17) is 27.7 Å². The maximum Gasteiger partial charge on any atom is 0.255 e. The number of benzene rings is 1. The van der Waals surface area contributed by atoms with Crippen LogP contribution in [0.4, 0.5) is 0 Å². The van der Waals surface area contributed by atoms with Crippen molar-refractivity contribution in [3.05, 3.63) is 45.5 Å². The van der Waals surface area contributed by atoms with Gasteiger partial charge in [0.15, 0.2) is 5.82 Å². The quantitative estimate of drug-likeness (QED) is 0.791. The number of amides is 1. The van der Waals surface area contributed by atoms with Crippen LogP contribution in [-0.2, 0) is 6.42 Å². The topological polar surface area (TPSA) is 59.2 Å². The molecule has 1 aromatic heterocycles. The zero-order valence-electron chi connectivity index (χ0n) is 13.8. The number of likely N-dealkylation sites (tertiary alicyclic amines) is 1. The molecule has 0 bridgehead atoms. The van der Waals surface area contributed by atoms with E-state index in [-0.39, 0.29) is 5.91 Å². The molecule has 5 nitrogen and oxygen atoms in total. The van der Waals surface area contributed by atoms with Crippen molar-refractivity contribution in [2.45, 2.75) is 38.0 Å². The monoisotopic (exact) mass is 379 g/mol. The summed E-state index contributed by atoms with van der Waals surface area (Å²) in [4.78, 5) is 19.2. The summed E-state index contributed by atoms with van der Waals surface area (Å²) in [5.41, 5.74) is 0.462. The summed E-state index contributed by atoms with van der Waals surface area (Å²) in [7, 11) is 0. The van der Waals surface area contributed by atoms with Crippen LogP contribution in [0.1, 0.15) is 53.7 Å². The predicted molar refractivity (Wildman–Crippen MR) is 95.1 cm³/mol. The Morgan fingerprint density at radius 3 is 2.92 bits per heavy atom. The molecule has 2 aromatic rings. The molecule has 2 aliphatic rings. The van der Waals surface area contributed by atoms with Crippen LogP contribution < -0.4 is 0 Å². The molecular weight excluding hydrogens is 361 g/mol. The van der Waals surface area contributed by atoms with Crippen molar-refractivity contribution >= 4 is 29.1 Å². The largest absolute Gasteiger partial charge is 0.339 e. The van der Waals surface area contributed by atoms with Crippen molar-refractivity contribution in [3.63, 3.8) is 0 Å². The number of hydrogen-bond donors (Lipinski definition) is 0. The van der Waals surface area contributed by atoms with Crippen molar-refractivity contribution in [2.75, 3.05) is 13.1 Å². The van der Waals surface area contributed by atoms with Gasteiger partial charge in [-0.2, -0.15) is 4.98 Å². The molecule has 0 spiro atoms. The minimum Gasteiger partial charge on any atom is -0.339 e. The van der Waals surface area contributed by atoms with Gasteiger partial charge in [0.25, 0.3) is 5.91 Å². The molecule has 1 aliphatic carbocycles. The third kappa shape index (κ3) is 3.82. The van der Waals surface area contributed by atoms with E-state index >= 15 is 0 Å². The number of piperidine rings is 1. The summed E-state index contributed by atoms with van der Waals surface area (Å²) in [6.07, 6.45) is 5.04. The molecule has 2 heterocycles. The molecule has 1 unspecified atom stereocenters. The fourth-order valence-electron chi connectivity index (χ4n) is 3.35. The van der Waals surface area contributed by atoms with E-state index in [9.17, 15) is 4.79 Å². The predicted octanol–water partition coefficient (Wildman–Crippen LogP) is 4.35. The van der Waals surface area contributed by atoms with Crippen LogP contribution in [-0.4, -0.2) is 34.0 Å². The summed E-state index contributed by atoms with van der Waals surface area (Å²) in [5, 5.41) is 5.01. The second-order valence-corrected chi connectivity index (χ2v) is 7.75. The van der Waals surface area contributed by atoms with E-state index < -0.39 is 0 Å². The smallest absolute Gasteiger partial charge is 0.255 e. The highest BCUT2D eigenvalue weighted by atomic mass is 35.5. The van der Waals surface area contributed by atoms with Crippen molar-refractivity contribution < 1.29 is 9.32 Å². The standard InChI is InChI=1S/C18H19Cl2N3O2/c19-13-5-6-15(20)14(9-13)18(24)23-7-1-2-11(10-23)8-16-21-17(22-25-16)12-3-4-12/h5-6,9,11-12H,1-4,7-8,10H2. The summed E-state index contributed by atoms with van der Waals surface area (Å²) < 4.78 is 5.38. The van der Waals surface area contributed by atoms with Crippen LogP contribution in [0.3, 0.4) is 0 Å². The van der Waals surface area contributed by atoms with Crippen LogP contribution in [0.25, 0.3) is 0 Å². The zero-order valence-corrected chi connectivity index (χ0v) is 15.3. The highest BCUT2D eigenvalue weighted by Crippen LogP contribution is 2.38. The SMILES string of the molecule is O=C(c1cc(Cl)ccc1Cl)N1CCCC(Cc2nc(C3CC3)no2)C1. The molecule has 1 saturated heterocycles. The van der Waals surface area contributed by atoms with Gasteiger partial charge in [0.1, 0.15) is 0 Å². The van der Waals surface area contributed by atoms with Gasteiger partial charge in [0.05, 0.1) is 10.6 Å². The molecule has 0 radical (unpaired) electrons. The van der Waals surface area contributed by atoms with Crippen molar-refractivity contribution in [1.82, 2.24) is 15.0 Å². The average molecular weight is 380 g/mol. The van der Waals surface area contributed by atoms with Crippen molar-refractivity contribution in [1.29, 1.82) is 0 Å². The van der Waals surface area contributed by atoms with Crippen LogP contribution in [0.5, 0.6) is 0 Å². The molecule has 1 aromatic carbocycles. The minimum atomic E-state index is -0.0681. The zero-order chi connectivity index (χ0) is 17.4. The first-order valence-electron chi connectivity index (χ1n) is 8.67. The molecule has 1 atom stereocenters. The minimum absolute atomic E-state index is 0.0681. The van der Waals surface area contributed by atoms with Crippen LogP contribution in [0.15, 0.2) is 22.7 Å². The maximum absolute atomic E-state index is 12.8. The molecule has 7 heteroatoms. The van der Waals surface area contributed by atoms with Crippen LogP contribution in [0, 0.1) is 5.92 Å². The normalized spacial score (nSPS) is 20.7. The summed E-state index contributed by atoms with van der Waals surface area (Å²) in [5.74, 6) is 2.27. The van der Waals surface area contributed by atoms with Crippen LogP contribution in [0.2, 0.25) is 10.0 Å². The summed E-state index contributed by atoms with van der Waals surface area (Å²) in [6.45, 7) is 1.40.